The maximum Gasteiger partial charge on any atom is 0.408 e. The van der Waals surface area contributed by atoms with Gasteiger partial charge in [-0.3, -0.25) is 4.79 Å². The zero-order valence-electron chi connectivity index (χ0n) is 12.0. The average Bonchev–Trinajstić information content (AvgIpc) is 2.29. The Hall–Kier alpha value is -2.11. The topological polar surface area (TPSA) is 67.4 Å². The highest BCUT2D eigenvalue weighted by atomic mass is 19.1. The number of anilines is 1. The molecule has 1 atom stereocenters. The van der Waals surface area contributed by atoms with Gasteiger partial charge in [-0.05, 0) is 52.0 Å². The molecular weight excluding hydrogens is 263 g/mol. The number of amides is 2. The Labute approximate surface area is 117 Å². The smallest absolute Gasteiger partial charge is 0.408 e. The van der Waals surface area contributed by atoms with E-state index in [2.05, 4.69) is 10.6 Å². The second-order valence-electron chi connectivity index (χ2n) is 5.36. The van der Waals surface area contributed by atoms with Crippen molar-refractivity contribution in [2.75, 3.05) is 5.32 Å². The van der Waals surface area contributed by atoms with E-state index in [1.807, 2.05) is 0 Å². The lowest BCUT2D eigenvalue weighted by molar-refractivity contribution is -0.117. The minimum absolute atomic E-state index is 0.386. The first-order valence-electron chi connectivity index (χ1n) is 6.23. The molecule has 2 N–H and O–H groups in total. The van der Waals surface area contributed by atoms with E-state index in [9.17, 15) is 14.0 Å². The van der Waals surface area contributed by atoms with E-state index in [-0.39, 0.29) is 5.82 Å². The van der Waals surface area contributed by atoms with Crippen molar-refractivity contribution in [3.8, 4) is 0 Å². The molecule has 0 saturated heterocycles. The standard InChI is InChI=1S/C14H19FN2O3/c1-9(16-13(19)20-14(2,3)4)12(18)17-11-7-5-10(15)6-8-11/h5-9H,1-4H3,(H,16,19)(H,17,18). The summed E-state index contributed by atoms with van der Waals surface area (Å²) >= 11 is 0. The molecule has 0 aromatic heterocycles. The van der Waals surface area contributed by atoms with Gasteiger partial charge in [-0.25, -0.2) is 9.18 Å². The van der Waals surface area contributed by atoms with Crippen molar-refractivity contribution in [1.82, 2.24) is 5.32 Å². The van der Waals surface area contributed by atoms with Crippen LogP contribution in [0.15, 0.2) is 24.3 Å². The van der Waals surface area contributed by atoms with Crippen molar-refractivity contribution in [2.24, 2.45) is 0 Å². The van der Waals surface area contributed by atoms with Crippen LogP contribution in [-0.4, -0.2) is 23.6 Å². The third kappa shape index (κ3) is 5.69. The van der Waals surface area contributed by atoms with Crippen molar-refractivity contribution in [3.63, 3.8) is 0 Å². The zero-order valence-corrected chi connectivity index (χ0v) is 12.0. The number of halogens is 1. The van der Waals surface area contributed by atoms with Crippen LogP contribution in [0, 0.1) is 5.82 Å². The Morgan fingerprint density at radius 2 is 1.75 bits per heavy atom. The van der Waals surface area contributed by atoms with E-state index < -0.39 is 23.6 Å². The number of ether oxygens (including phenoxy) is 1. The Morgan fingerprint density at radius 1 is 1.20 bits per heavy atom. The van der Waals surface area contributed by atoms with Crippen LogP contribution in [0.3, 0.4) is 0 Å². The molecule has 0 aliphatic heterocycles. The van der Waals surface area contributed by atoms with Gasteiger partial charge in [0.05, 0.1) is 0 Å². The number of carbonyl (C=O) groups excluding carboxylic acids is 2. The van der Waals surface area contributed by atoms with Gasteiger partial charge in [-0.2, -0.15) is 0 Å². The van der Waals surface area contributed by atoms with Crippen LogP contribution in [0.4, 0.5) is 14.9 Å². The predicted molar refractivity (Wildman–Crippen MR) is 73.9 cm³/mol. The lowest BCUT2D eigenvalue weighted by Crippen LogP contribution is -2.43. The lowest BCUT2D eigenvalue weighted by atomic mass is 10.2. The van der Waals surface area contributed by atoms with E-state index in [0.29, 0.717) is 5.69 Å². The molecular formula is C14H19FN2O3. The normalized spacial score (nSPS) is 12.4. The van der Waals surface area contributed by atoms with Crippen molar-refractivity contribution >= 4 is 17.7 Å². The summed E-state index contributed by atoms with van der Waals surface area (Å²) < 4.78 is 17.8. The largest absolute Gasteiger partial charge is 0.444 e. The predicted octanol–water partition coefficient (Wildman–Crippen LogP) is 2.68. The van der Waals surface area contributed by atoms with Crippen LogP contribution >= 0.6 is 0 Å². The van der Waals surface area contributed by atoms with Gasteiger partial charge in [0.15, 0.2) is 0 Å². The molecule has 0 aliphatic rings. The van der Waals surface area contributed by atoms with Crippen molar-refractivity contribution < 1.29 is 18.7 Å². The molecule has 2 amide bonds. The van der Waals surface area contributed by atoms with Crippen LogP contribution in [0.5, 0.6) is 0 Å². The fourth-order valence-corrected chi connectivity index (χ4v) is 1.33. The van der Waals surface area contributed by atoms with E-state index in [1.165, 1.54) is 31.2 Å². The molecule has 20 heavy (non-hydrogen) atoms. The summed E-state index contributed by atoms with van der Waals surface area (Å²) in [6.07, 6.45) is -0.667. The van der Waals surface area contributed by atoms with Gasteiger partial charge in [0.25, 0.3) is 0 Å². The van der Waals surface area contributed by atoms with Gasteiger partial charge in [0, 0.05) is 5.69 Å². The van der Waals surface area contributed by atoms with Gasteiger partial charge in [0.2, 0.25) is 5.91 Å². The number of benzene rings is 1. The molecule has 0 heterocycles. The molecule has 5 nitrogen and oxygen atoms in total. The number of nitrogens with one attached hydrogen (secondary N) is 2. The van der Waals surface area contributed by atoms with Crippen LogP contribution in [-0.2, 0) is 9.53 Å². The van der Waals surface area contributed by atoms with Gasteiger partial charge in [0.1, 0.15) is 17.5 Å². The molecule has 0 fully saturated rings. The van der Waals surface area contributed by atoms with Gasteiger partial charge in [-0.15, -0.1) is 0 Å². The average molecular weight is 282 g/mol. The minimum atomic E-state index is -0.769. The molecule has 0 aliphatic carbocycles. The summed E-state index contributed by atoms with van der Waals surface area (Å²) in [5, 5.41) is 4.98. The summed E-state index contributed by atoms with van der Waals surface area (Å²) in [7, 11) is 0. The molecule has 0 spiro atoms. The van der Waals surface area contributed by atoms with E-state index in [1.54, 1.807) is 20.8 Å². The number of carbonyl (C=O) groups is 2. The highest BCUT2D eigenvalue weighted by molar-refractivity contribution is 5.96. The Kier molecular flexibility index (Phi) is 5.07. The van der Waals surface area contributed by atoms with Crippen LogP contribution < -0.4 is 10.6 Å². The Balaban J connectivity index is 2.51. The molecule has 110 valence electrons. The number of alkyl carbamates (subject to hydrolysis) is 1. The molecule has 1 rings (SSSR count). The summed E-state index contributed by atoms with van der Waals surface area (Å²) in [4.78, 5) is 23.3. The molecule has 1 unspecified atom stereocenters. The number of hydrogen-bond acceptors (Lipinski definition) is 3. The highest BCUT2D eigenvalue weighted by Crippen LogP contribution is 2.09. The van der Waals surface area contributed by atoms with Crippen LogP contribution in [0.2, 0.25) is 0 Å². The van der Waals surface area contributed by atoms with E-state index in [4.69, 9.17) is 4.74 Å². The molecule has 1 aromatic carbocycles. The molecule has 1 aromatic rings. The Bertz CT molecular complexity index is 480. The van der Waals surface area contributed by atoms with E-state index >= 15 is 0 Å². The third-order valence-corrected chi connectivity index (χ3v) is 2.24. The molecule has 0 bridgehead atoms. The Morgan fingerprint density at radius 3 is 2.25 bits per heavy atom. The zero-order chi connectivity index (χ0) is 15.3. The molecule has 0 radical (unpaired) electrons. The SMILES string of the molecule is CC(NC(=O)OC(C)(C)C)C(=O)Nc1ccc(F)cc1. The van der Waals surface area contributed by atoms with Gasteiger partial charge in [-0.1, -0.05) is 0 Å². The monoisotopic (exact) mass is 282 g/mol. The fourth-order valence-electron chi connectivity index (χ4n) is 1.33. The van der Waals surface area contributed by atoms with Crippen molar-refractivity contribution in [1.29, 1.82) is 0 Å². The van der Waals surface area contributed by atoms with Crippen LogP contribution in [0.25, 0.3) is 0 Å². The minimum Gasteiger partial charge on any atom is -0.444 e. The highest BCUT2D eigenvalue weighted by Gasteiger charge is 2.20. The first-order valence-corrected chi connectivity index (χ1v) is 6.23. The third-order valence-electron chi connectivity index (χ3n) is 2.24. The van der Waals surface area contributed by atoms with Gasteiger partial charge < -0.3 is 15.4 Å². The summed E-state index contributed by atoms with van der Waals surface area (Å²) in [6, 6.07) is 4.58. The lowest BCUT2D eigenvalue weighted by Gasteiger charge is -2.21. The summed E-state index contributed by atoms with van der Waals surface area (Å²) in [6.45, 7) is 6.73. The number of hydrogen-bond donors (Lipinski definition) is 2. The van der Waals surface area contributed by atoms with Crippen molar-refractivity contribution in [3.05, 3.63) is 30.1 Å². The molecule has 6 heteroatoms. The fraction of sp³-hybridized carbons (Fsp3) is 0.429. The second kappa shape index (κ2) is 6.36. The maximum absolute atomic E-state index is 12.7. The first-order chi connectivity index (χ1) is 9.17. The number of rotatable bonds is 3. The summed E-state index contributed by atoms with van der Waals surface area (Å²) in [5.74, 6) is -0.801. The summed E-state index contributed by atoms with van der Waals surface area (Å²) in [5.41, 5.74) is -0.175. The van der Waals surface area contributed by atoms with Crippen LogP contribution in [0.1, 0.15) is 27.7 Å². The van der Waals surface area contributed by atoms with Crippen molar-refractivity contribution in [2.45, 2.75) is 39.3 Å². The second-order valence-corrected chi connectivity index (χ2v) is 5.36. The van der Waals surface area contributed by atoms with E-state index in [0.717, 1.165) is 0 Å². The maximum atomic E-state index is 12.7. The first kappa shape index (κ1) is 15.9. The van der Waals surface area contributed by atoms with Gasteiger partial charge >= 0.3 is 6.09 Å². The molecule has 0 saturated carbocycles. The quantitative estimate of drug-likeness (QED) is 0.895.